The van der Waals surface area contributed by atoms with Gasteiger partial charge in [-0.3, -0.25) is 0 Å². The Morgan fingerprint density at radius 2 is 1.81 bits per heavy atom. The molecule has 176 valence electrons. The number of halogens is 1. The first-order chi connectivity index (χ1) is 15.3. The van der Waals surface area contributed by atoms with Gasteiger partial charge in [0, 0.05) is 10.9 Å². The summed E-state index contributed by atoms with van der Waals surface area (Å²) in [7, 11) is 0. The molecule has 0 radical (unpaired) electrons. The molecule has 1 fully saturated rings. The number of rotatable bonds is 9. The lowest BCUT2D eigenvalue weighted by molar-refractivity contribution is -0.213. The SMILES string of the molecule is CCOc1ccc(Cc2cc([C@@H]3O[C@H](CO)[C@@H](O)[C@H](O)[C@H]3CC[C@H](C)O)ccc2Cl)cc1. The van der Waals surface area contributed by atoms with E-state index < -0.39 is 43.0 Å². The van der Waals surface area contributed by atoms with Crippen LogP contribution in [-0.2, 0) is 11.2 Å². The molecule has 0 unspecified atom stereocenters. The van der Waals surface area contributed by atoms with Crippen LogP contribution in [0.4, 0.5) is 0 Å². The summed E-state index contributed by atoms with van der Waals surface area (Å²) >= 11 is 6.48. The molecule has 6 atom stereocenters. The van der Waals surface area contributed by atoms with Crippen molar-refractivity contribution in [2.45, 2.75) is 63.6 Å². The zero-order chi connectivity index (χ0) is 23.3. The summed E-state index contributed by atoms with van der Waals surface area (Å²) < 4.78 is 11.5. The summed E-state index contributed by atoms with van der Waals surface area (Å²) in [6, 6.07) is 13.5. The molecule has 0 bridgehead atoms. The molecule has 0 amide bonds. The fourth-order valence-corrected chi connectivity index (χ4v) is 4.44. The normalized spacial score (nSPS) is 26.7. The molecule has 2 aromatic rings. The van der Waals surface area contributed by atoms with Crippen LogP contribution >= 0.6 is 11.6 Å². The van der Waals surface area contributed by atoms with Crippen molar-refractivity contribution in [3.63, 3.8) is 0 Å². The highest BCUT2D eigenvalue weighted by Crippen LogP contribution is 2.40. The predicted molar refractivity (Wildman–Crippen MR) is 123 cm³/mol. The molecule has 2 aromatic carbocycles. The van der Waals surface area contributed by atoms with E-state index >= 15 is 0 Å². The van der Waals surface area contributed by atoms with Gasteiger partial charge in [-0.25, -0.2) is 0 Å². The number of ether oxygens (including phenoxy) is 2. The monoisotopic (exact) mass is 464 g/mol. The molecule has 6 nitrogen and oxygen atoms in total. The zero-order valence-corrected chi connectivity index (χ0v) is 19.3. The summed E-state index contributed by atoms with van der Waals surface area (Å²) in [5.41, 5.74) is 2.80. The second-order valence-corrected chi connectivity index (χ2v) is 8.86. The van der Waals surface area contributed by atoms with Crippen molar-refractivity contribution in [3.8, 4) is 5.75 Å². The minimum Gasteiger partial charge on any atom is -0.494 e. The Bertz CT molecular complexity index is 856. The van der Waals surface area contributed by atoms with Gasteiger partial charge in [0.2, 0.25) is 0 Å². The summed E-state index contributed by atoms with van der Waals surface area (Å²) in [5.74, 6) is 0.386. The van der Waals surface area contributed by atoms with Crippen LogP contribution in [-0.4, -0.2) is 58.1 Å². The summed E-state index contributed by atoms with van der Waals surface area (Å²) in [6.45, 7) is 3.85. The highest BCUT2D eigenvalue weighted by Gasteiger charge is 2.44. The van der Waals surface area contributed by atoms with Crippen LogP contribution in [0.5, 0.6) is 5.75 Å². The Kier molecular flexibility index (Phi) is 8.94. The average molecular weight is 465 g/mol. The van der Waals surface area contributed by atoms with E-state index in [9.17, 15) is 20.4 Å². The Labute approximate surface area is 194 Å². The lowest BCUT2D eigenvalue weighted by Crippen LogP contribution is -2.52. The minimum atomic E-state index is -1.19. The lowest BCUT2D eigenvalue weighted by atomic mass is 9.80. The third-order valence-electron chi connectivity index (χ3n) is 6.00. The summed E-state index contributed by atoms with van der Waals surface area (Å²) in [6.07, 6.45) is -2.68. The molecule has 32 heavy (non-hydrogen) atoms. The van der Waals surface area contributed by atoms with Crippen LogP contribution in [0, 0.1) is 5.92 Å². The van der Waals surface area contributed by atoms with Crippen molar-refractivity contribution in [2.75, 3.05) is 13.2 Å². The fraction of sp³-hybridized carbons (Fsp3) is 0.520. The first kappa shape index (κ1) is 25.0. The molecule has 1 aliphatic heterocycles. The smallest absolute Gasteiger partial charge is 0.119 e. The number of benzene rings is 2. The van der Waals surface area contributed by atoms with E-state index in [-0.39, 0.29) is 0 Å². The van der Waals surface area contributed by atoms with Gasteiger partial charge >= 0.3 is 0 Å². The predicted octanol–water partition coefficient (Wildman–Crippen LogP) is 3.26. The van der Waals surface area contributed by atoms with Crippen LogP contribution in [0.3, 0.4) is 0 Å². The van der Waals surface area contributed by atoms with Gasteiger partial charge in [0.25, 0.3) is 0 Å². The molecular weight excluding hydrogens is 432 g/mol. The van der Waals surface area contributed by atoms with E-state index in [0.29, 0.717) is 30.9 Å². The molecule has 1 aliphatic rings. The fourth-order valence-electron chi connectivity index (χ4n) is 4.25. The first-order valence-corrected chi connectivity index (χ1v) is 11.5. The maximum Gasteiger partial charge on any atom is 0.119 e. The topological polar surface area (TPSA) is 99.4 Å². The molecule has 0 aliphatic carbocycles. The van der Waals surface area contributed by atoms with Gasteiger partial charge in [-0.15, -0.1) is 0 Å². The van der Waals surface area contributed by atoms with Gasteiger partial charge in [-0.05, 0) is 68.0 Å². The Balaban J connectivity index is 1.86. The highest BCUT2D eigenvalue weighted by atomic mass is 35.5. The van der Waals surface area contributed by atoms with Crippen LogP contribution in [0.25, 0.3) is 0 Å². The molecule has 3 rings (SSSR count). The van der Waals surface area contributed by atoms with E-state index in [1.807, 2.05) is 43.3 Å². The number of hydrogen-bond acceptors (Lipinski definition) is 6. The molecular formula is C25H33ClO6. The van der Waals surface area contributed by atoms with E-state index in [2.05, 4.69) is 0 Å². The van der Waals surface area contributed by atoms with Gasteiger partial charge in [0.05, 0.1) is 31.5 Å². The van der Waals surface area contributed by atoms with Crippen molar-refractivity contribution < 1.29 is 29.9 Å². The first-order valence-electron chi connectivity index (χ1n) is 11.1. The summed E-state index contributed by atoms with van der Waals surface area (Å²) in [5, 5.41) is 41.1. The van der Waals surface area contributed by atoms with Gasteiger partial charge in [0.15, 0.2) is 0 Å². The largest absolute Gasteiger partial charge is 0.494 e. The van der Waals surface area contributed by atoms with E-state index in [4.69, 9.17) is 21.1 Å². The zero-order valence-electron chi connectivity index (χ0n) is 18.5. The van der Waals surface area contributed by atoms with E-state index in [0.717, 1.165) is 22.4 Å². The molecule has 7 heteroatoms. The highest BCUT2D eigenvalue weighted by molar-refractivity contribution is 6.31. The van der Waals surface area contributed by atoms with Crippen molar-refractivity contribution in [3.05, 3.63) is 64.2 Å². The van der Waals surface area contributed by atoms with Gasteiger partial charge in [0.1, 0.15) is 18.0 Å². The Hall–Kier alpha value is -1.67. The van der Waals surface area contributed by atoms with Crippen LogP contribution in [0.2, 0.25) is 5.02 Å². The molecule has 1 saturated heterocycles. The molecule has 0 spiro atoms. The van der Waals surface area contributed by atoms with Crippen LogP contribution in [0.15, 0.2) is 42.5 Å². The van der Waals surface area contributed by atoms with Crippen LogP contribution < -0.4 is 4.74 Å². The average Bonchev–Trinajstić information content (AvgIpc) is 2.77. The third-order valence-corrected chi connectivity index (χ3v) is 6.37. The van der Waals surface area contributed by atoms with E-state index in [1.54, 1.807) is 13.0 Å². The molecule has 0 aromatic heterocycles. The molecule has 0 saturated carbocycles. The number of aliphatic hydroxyl groups excluding tert-OH is 4. The number of hydrogen-bond donors (Lipinski definition) is 4. The lowest BCUT2D eigenvalue weighted by Gasteiger charge is -2.43. The quantitative estimate of drug-likeness (QED) is 0.454. The standard InChI is InChI=1S/C25H33ClO6/c1-3-31-19-8-5-16(6-9-19)12-18-13-17(7-11-21(18)26)25-20(10-4-15(2)28)23(29)24(30)22(14-27)32-25/h5-9,11,13,15,20,22-25,27-30H,3-4,10,12,14H2,1-2H3/t15-,20+,22+,23+,24+,25-/m0/s1. The molecule has 4 N–H and O–H groups in total. The minimum absolute atomic E-state index is 0.398. The third kappa shape index (κ3) is 6.01. The van der Waals surface area contributed by atoms with Crippen molar-refractivity contribution in [2.24, 2.45) is 5.92 Å². The number of aliphatic hydroxyl groups is 4. The van der Waals surface area contributed by atoms with Crippen LogP contribution in [0.1, 0.15) is 49.5 Å². The maximum atomic E-state index is 10.8. The Morgan fingerprint density at radius 1 is 1.09 bits per heavy atom. The molecule has 1 heterocycles. The van der Waals surface area contributed by atoms with Crippen molar-refractivity contribution >= 4 is 11.6 Å². The second-order valence-electron chi connectivity index (χ2n) is 8.45. The summed E-state index contributed by atoms with van der Waals surface area (Å²) in [4.78, 5) is 0. The van der Waals surface area contributed by atoms with E-state index in [1.165, 1.54) is 0 Å². The maximum absolute atomic E-state index is 10.8. The van der Waals surface area contributed by atoms with Crippen molar-refractivity contribution in [1.29, 1.82) is 0 Å². The van der Waals surface area contributed by atoms with Gasteiger partial charge in [-0.1, -0.05) is 35.9 Å². The van der Waals surface area contributed by atoms with Crippen molar-refractivity contribution in [1.82, 2.24) is 0 Å². The van der Waals surface area contributed by atoms with Gasteiger partial charge < -0.3 is 29.9 Å². The second kappa shape index (κ2) is 11.5. The van der Waals surface area contributed by atoms with Gasteiger partial charge in [-0.2, -0.15) is 0 Å². The Morgan fingerprint density at radius 3 is 2.44 bits per heavy atom.